The molecule has 0 aromatic rings. The van der Waals surface area contributed by atoms with Gasteiger partial charge in [0.15, 0.2) is 0 Å². The molecule has 1 saturated heterocycles. The van der Waals surface area contributed by atoms with E-state index in [1.54, 1.807) is 0 Å². The van der Waals surface area contributed by atoms with Crippen molar-refractivity contribution in [1.82, 2.24) is 4.90 Å². The van der Waals surface area contributed by atoms with Gasteiger partial charge in [-0.05, 0) is 26.7 Å². The monoisotopic (exact) mass is 197 g/mol. The zero-order chi connectivity index (χ0) is 10.6. The normalized spacial score (nSPS) is 23.0. The summed E-state index contributed by atoms with van der Waals surface area (Å²) in [5.41, 5.74) is 0. The molecule has 0 spiro atoms. The lowest BCUT2D eigenvalue weighted by Gasteiger charge is -2.26. The number of ketones is 1. The quantitative estimate of drug-likeness (QED) is 0.632. The second-order valence-electron chi connectivity index (χ2n) is 4.16. The van der Waals surface area contributed by atoms with E-state index in [2.05, 4.69) is 6.92 Å². The Morgan fingerprint density at radius 1 is 1.29 bits per heavy atom. The van der Waals surface area contributed by atoms with Gasteiger partial charge in [0, 0.05) is 12.6 Å². The Balaban J connectivity index is 2.54. The molecule has 14 heavy (non-hydrogen) atoms. The molecule has 0 bridgehead atoms. The molecule has 3 heteroatoms. The average molecular weight is 197 g/mol. The maximum atomic E-state index is 11.7. The largest absolute Gasteiger partial charge is 0.340 e. The highest BCUT2D eigenvalue weighted by Gasteiger charge is 2.22. The third-order valence-corrected chi connectivity index (χ3v) is 2.77. The minimum absolute atomic E-state index is 0.00639. The molecule has 1 fully saturated rings. The molecule has 1 aliphatic rings. The maximum Gasteiger partial charge on any atom is 0.230 e. The number of nitrogens with zero attached hydrogens (tertiary/aromatic N) is 1. The Hall–Kier alpha value is -0.860. The van der Waals surface area contributed by atoms with E-state index in [0.717, 1.165) is 19.4 Å². The lowest BCUT2D eigenvalue weighted by molar-refractivity contribution is -0.136. The summed E-state index contributed by atoms with van der Waals surface area (Å²) in [6.45, 7) is 4.37. The molecule has 0 aromatic heterocycles. The van der Waals surface area contributed by atoms with E-state index in [1.165, 1.54) is 19.8 Å². The third kappa shape index (κ3) is 3.13. The van der Waals surface area contributed by atoms with Crippen molar-refractivity contribution in [2.24, 2.45) is 0 Å². The molecule has 1 atom stereocenters. The van der Waals surface area contributed by atoms with Gasteiger partial charge in [0.2, 0.25) is 5.91 Å². The minimum Gasteiger partial charge on any atom is -0.340 e. The number of hydrogen-bond acceptors (Lipinski definition) is 2. The molecular weight excluding hydrogens is 178 g/mol. The van der Waals surface area contributed by atoms with Gasteiger partial charge in [-0.1, -0.05) is 12.8 Å². The number of rotatable bonds is 2. The number of Topliss-reactive ketones (excluding diaryl/α,β-unsaturated/α-hetero) is 1. The van der Waals surface area contributed by atoms with Crippen molar-refractivity contribution in [2.45, 2.75) is 52.0 Å². The summed E-state index contributed by atoms with van der Waals surface area (Å²) >= 11 is 0. The summed E-state index contributed by atoms with van der Waals surface area (Å²) in [5.74, 6) is -0.0293. The predicted octanol–water partition coefficient (Wildman–Crippen LogP) is 1.76. The van der Waals surface area contributed by atoms with E-state index in [1.807, 2.05) is 4.90 Å². The van der Waals surface area contributed by atoms with Crippen molar-refractivity contribution in [3.8, 4) is 0 Å². The van der Waals surface area contributed by atoms with Gasteiger partial charge in [-0.25, -0.2) is 0 Å². The van der Waals surface area contributed by atoms with Gasteiger partial charge >= 0.3 is 0 Å². The van der Waals surface area contributed by atoms with Crippen molar-refractivity contribution in [3.63, 3.8) is 0 Å². The first-order valence-electron chi connectivity index (χ1n) is 5.40. The van der Waals surface area contributed by atoms with Crippen LogP contribution in [0.2, 0.25) is 0 Å². The molecule has 0 aromatic carbocycles. The second kappa shape index (κ2) is 5.13. The number of carbonyl (C=O) groups is 2. The third-order valence-electron chi connectivity index (χ3n) is 2.77. The SMILES string of the molecule is CC(=O)CC(=O)N1CCCCCC1C. The number of likely N-dealkylation sites (tertiary alicyclic amines) is 1. The summed E-state index contributed by atoms with van der Waals surface area (Å²) in [5, 5.41) is 0. The molecule has 80 valence electrons. The van der Waals surface area contributed by atoms with E-state index in [0.29, 0.717) is 6.04 Å². The molecular formula is C11H19NO2. The highest BCUT2D eigenvalue weighted by molar-refractivity contribution is 5.96. The van der Waals surface area contributed by atoms with Crippen LogP contribution >= 0.6 is 0 Å². The molecule has 0 N–H and O–H groups in total. The standard InChI is InChI=1S/C11H19NO2/c1-9-6-4-3-5-7-12(9)11(14)8-10(2)13/h9H,3-8H2,1-2H3. The van der Waals surface area contributed by atoms with Gasteiger partial charge in [0.25, 0.3) is 0 Å². The summed E-state index contributed by atoms with van der Waals surface area (Å²) < 4.78 is 0. The first-order chi connectivity index (χ1) is 6.61. The zero-order valence-electron chi connectivity index (χ0n) is 9.08. The highest BCUT2D eigenvalue weighted by Crippen LogP contribution is 2.17. The Morgan fingerprint density at radius 2 is 2.00 bits per heavy atom. The van der Waals surface area contributed by atoms with Crippen molar-refractivity contribution in [2.75, 3.05) is 6.54 Å². The van der Waals surface area contributed by atoms with Crippen molar-refractivity contribution in [1.29, 1.82) is 0 Å². The van der Waals surface area contributed by atoms with Gasteiger partial charge in [-0.3, -0.25) is 9.59 Å². The zero-order valence-corrected chi connectivity index (χ0v) is 9.08. The first kappa shape index (κ1) is 11.2. The molecule has 1 unspecified atom stereocenters. The molecule has 0 aliphatic carbocycles. The Labute approximate surface area is 85.5 Å². The molecule has 0 radical (unpaired) electrons. The summed E-state index contributed by atoms with van der Waals surface area (Å²) in [7, 11) is 0. The lowest BCUT2D eigenvalue weighted by Crippen LogP contribution is -2.38. The van der Waals surface area contributed by atoms with Crippen LogP contribution in [-0.2, 0) is 9.59 Å². The van der Waals surface area contributed by atoms with Crippen molar-refractivity contribution < 1.29 is 9.59 Å². The van der Waals surface area contributed by atoms with E-state index in [-0.39, 0.29) is 18.1 Å². The Bertz CT molecular complexity index is 225. The molecule has 1 aliphatic heterocycles. The van der Waals surface area contributed by atoms with Gasteiger partial charge in [-0.2, -0.15) is 0 Å². The number of amides is 1. The van der Waals surface area contributed by atoms with Crippen molar-refractivity contribution >= 4 is 11.7 Å². The van der Waals surface area contributed by atoms with Crippen LogP contribution in [0.3, 0.4) is 0 Å². The number of carbonyl (C=O) groups excluding carboxylic acids is 2. The Kier molecular flexibility index (Phi) is 4.11. The van der Waals surface area contributed by atoms with E-state index in [9.17, 15) is 9.59 Å². The fourth-order valence-electron chi connectivity index (χ4n) is 1.96. The van der Waals surface area contributed by atoms with Gasteiger partial charge < -0.3 is 4.90 Å². The van der Waals surface area contributed by atoms with Gasteiger partial charge in [-0.15, -0.1) is 0 Å². The molecule has 1 amide bonds. The van der Waals surface area contributed by atoms with Crippen LogP contribution in [0.15, 0.2) is 0 Å². The average Bonchev–Trinajstić information content (AvgIpc) is 2.28. The van der Waals surface area contributed by atoms with Crippen molar-refractivity contribution in [3.05, 3.63) is 0 Å². The van der Waals surface area contributed by atoms with E-state index < -0.39 is 0 Å². The smallest absolute Gasteiger partial charge is 0.230 e. The summed E-state index contributed by atoms with van der Waals surface area (Å²) in [6.07, 6.45) is 4.63. The van der Waals surface area contributed by atoms with Crippen LogP contribution in [0, 0.1) is 0 Å². The first-order valence-corrected chi connectivity index (χ1v) is 5.40. The minimum atomic E-state index is -0.0357. The van der Waals surface area contributed by atoms with Crippen LogP contribution in [0.5, 0.6) is 0 Å². The van der Waals surface area contributed by atoms with Crippen LogP contribution in [-0.4, -0.2) is 29.2 Å². The van der Waals surface area contributed by atoms with E-state index in [4.69, 9.17) is 0 Å². The van der Waals surface area contributed by atoms with Crippen LogP contribution in [0.1, 0.15) is 46.0 Å². The second-order valence-corrected chi connectivity index (χ2v) is 4.16. The Morgan fingerprint density at radius 3 is 2.64 bits per heavy atom. The van der Waals surface area contributed by atoms with E-state index >= 15 is 0 Å². The van der Waals surface area contributed by atoms with Gasteiger partial charge in [0.1, 0.15) is 5.78 Å². The van der Waals surface area contributed by atoms with Crippen LogP contribution < -0.4 is 0 Å². The molecule has 1 rings (SSSR count). The topological polar surface area (TPSA) is 37.4 Å². The maximum absolute atomic E-state index is 11.7. The number of hydrogen-bond donors (Lipinski definition) is 0. The van der Waals surface area contributed by atoms with Crippen LogP contribution in [0.4, 0.5) is 0 Å². The highest BCUT2D eigenvalue weighted by atomic mass is 16.2. The lowest BCUT2D eigenvalue weighted by atomic mass is 10.1. The molecule has 3 nitrogen and oxygen atoms in total. The predicted molar refractivity (Wildman–Crippen MR) is 54.9 cm³/mol. The summed E-state index contributed by atoms with van der Waals surface area (Å²) in [4.78, 5) is 24.4. The fraction of sp³-hybridized carbons (Fsp3) is 0.818. The van der Waals surface area contributed by atoms with Gasteiger partial charge in [0.05, 0.1) is 6.42 Å². The van der Waals surface area contributed by atoms with Crippen LogP contribution in [0.25, 0.3) is 0 Å². The molecule has 1 heterocycles. The fourth-order valence-corrected chi connectivity index (χ4v) is 1.96. The summed E-state index contributed by atoms with van der Waals surface area (Å²) in [6, 6.07) is 0.310. The molecule has 0 saturated carbocycles.